The summed E-state index contributed by atoms with van der Waals surface area (Å²) < 4.78 is 11.6. The molecule has 2 amide bonds. The van der Waals surface area contributed by atoms with Crippen LogP contribution in [0.2, 0.25) is 0 Å². The smallest absolute Gasteiger partial charge is 0.326 e. The molecular weight excluding hydrogens is 412 g/mol. The molecule has 0 atom stereocenters. The highest BCUT2D eigenvalue weighted by Crippen LogP contribution is 2.22. The Morgan fingerprint density at radius 1 is 1.10 bits per heavy atom. The second kappa shape index (κ2) is 8.13. The van der Waals surface area contributed by atoms with Gasteiger partial charge in [0.2, 0.25) is 4.96 Å². The molecule has 1 aliphatic rings. The van der Waals surface area contributed by atoms with Gasteiger partial charge in [0.05, 0.1) is 16.8 Å². The number of nitrogens with zero attached hydrogens (tertiary/aromatic N) is 4. The molecule has 0 N–H and O–H groups in total. The highest BCUT2D eigenvalue weighted by molar-refractivity contribution is 7.16. The van der Waals surface area contributed by atoms with Gasteiger partial charge in [0.1, 0.15) is 24.8 Å². The minimum absolute atomic E-state index is 0.238. The van der Waals surface area contributed by atoms with Crippen LogP contribution in [0.4, 0.5) is 0 Å². The fraction of sp³-hybridized carbons (Fsp3) is 0.263. The van der Waals surface area contributed by atoms with Crippen LogP contribution in [0.15, 0.2) is 35.1 Å². The van der Waals surface area contributed by atoms with E-state index >= 15 is 0 Å². The maximum Gasteiger partial charge on any atom is 0.326 e. The summed E-state index contributed by atoms with van der Waals surface area (Å²) in [5, 5.41) is 4.74. The van der Waals surface area contributed by atoms with E-state index in [0.29, 0.717) is 16.6 Å². The second-order valence-corrected chi connectivity index (χ2v) is 7.36. The Morgan fingerprint density at radius 2 is 1.80 bits per heavy atom. The van der Waals surface area contributed by atoms with Crippen LogP contribution in [0.25, 0.3) is 4.96 Å². The molecule has 0 fully saturated rings. The lowest BCUT2D eigenvalue weighted by Gasteiger charge is -2.12. The van der Waals surface area contributed by atoms with Crippen molar-refractivity contribution < 1.29 is 23.9 Å². The molecule has 0 unspecified atom stereocenters. The zero-order valence-corrected chi connectivity index (χ0v) is 16.7. The first-order valence-corrected chi connectivity index (χ1v) is 9.87. The van der Waals surface area contributed by atoms with Crippen molar-refractivity contribution in [3.05, 3.63) is 62.5 Å². The number of carbonyl (C=O) groups excluding carboxylic acids is 3. The van der Waals surface area contributed by atoms with Gasteiger partial charge in [-0.15, -0.1) is 0 Å². The summed E-state index contributed by atoms with van der Waals surface area (Å²) in [6.45, 7) is 1.85. The molecule has 4 rings (SSSR count). The third-order valence-corrected chi connectivity index (χ3v) is 5.20. The standard InChI is InChI=1S/C19H16N4O6S/c1-2-28-10-14-21-23-15(24)7-11(20-19(23)30-14)9-29-16(25)8-22-17(26)12-5-3-4-6-13(12)18(22)27/h3-7H,2,8-10H2,1H3. The SMILES string of the molecule is CCOCc1nn2c(=O)cc(COC(=O)CN3C(=O)c4ccccc4C3=O)nc2s1. The molecule has 1 aromatic carbocycles. The van der Waals surface area contributed by atoms with E-state index in [9.17, 15) is 19.2 Å². The summed E-state index contributed by atoms with van der Waals surface area (Å²) in [5.41, 5.74) is 0.333. The molecule has 0 spiro atoms. The van der Waals surface area contributed by atoms with E-state index in [2.05, 4.69) is 10.1 Å². The molecule has 154 valence electrons. The van der Waals surface area contributed by atoms with Crippen LogP contribution >= 0.6 is 11.3 Å². The van der Waals surface area contributed by atoms with Crippen molar-refractivity contribution in [2.24, 2.45) is 0 Å². The van der Waals surface area contributed by atoms with Crippen LogP contribution in [0.5, 0.6) is 0 Å². The Morgan fingerprint density at radius 3 is 2.47 bits per heavy atom. The van der Waals surface area contributed by atoms with Crippen LogP contribution in [0.1, 0.15) is 38.3 Å². The molecule has 0 radical (unpaired) electrons. The normalized spacial score (nSPS) is 13.2. The molecular formula is C19H16N4O6S. The first-order chi connectivity index (χ1) is 14.5. The Bertz CT molecular complexity index is 1180. The quantitative estimate of drug-likeness (QED) is 0.404. The van der Waals surface area contributed by atoms with Crippen molar-refractivity contribution in [1.29, 1.82) is 0 Å². The number of benzene rings is 1. The van der Waals surface area contributed by atoms with Gasteiger partial charge in [-0.3, -0.25) is 24.1 Å². The van der Waals surface area contributed by atoms with Gasteiger partial charge < -0.3 is 9.47 Å². The molecule has 3 heterocycles. The number of fused-ring (bicyclic) bond motifs is 2. The van der Waals surface area contributed by atoms with Gasteiger partial charge in [0.25, 0.3) is 17.4 Å². The number of amides is 2. The summed E-state index contributed by atoms with van der Waals surface area (Å²) in [7, 11) is 0. The molecule has 1 aliphatic heterocycles. The third kappa shape index (κ3) is 3.72. The molecule has 3 aromatic rings. The fourth-order valence-electron chi connectivity index (χ4n) is 2.93. The molecule has 0 saturated heterocycles. The number of ether oxygens (including phenoxy) is 2. The van der Waals surface area contributed by atoms with Crippen LogP contribution in [-0.4, -0.2) is 50.4 Å². The predicted octanol–water partition coefficient (Wildman–Crippen LogP) is 1.03. The van der Waals surface area contributed by atoms with Crippen molar-refractivity contribution >= 4 is 34.1 Å². The topological polar surface area (TPSA) is 120 Å². The number of carbonyl (C=O) groups is 3. The van der Waals surface area contributed by atoms with E-state index in [-0.39, 0.29) is 30.0 Å². The van der Waals surface area contributed by atoms with E-state index in [1.807, 2.05) is 6.92 Å². The molecule has 30 heavy (non-hydrogen) atoms. The van der Waals surface area contributed by atoms with Gasteiger partial charge in [-0.1, -0.05) is 23.5 Å². The Labute approximate surface area is 173 Å². The monoisotopic (exact) mass is 428 g/mol. The lowest BCUT2D eigenvalue weighted by Crippen LogP contribution is -2.35. The van der Waals surface area contributed by atoms with E-state index in [4.69, 9.17) is 9.47 Å². The average molecular weight is 428 g/mol. The van der Waals surface area contributed by atoms with Crippen LogP contribution < -0.4 is 5.56 Å². The van der Waals surface area contributed by atoms with E-state index in [1.54, 1.807) is 12.1 Å². The molecule has 0 saturated carbocycles. The minimum Gasteiger partial charge on any atom is -0.458 e. The largest absolute Gasteiger partial charge is 0.458 e. The summed E-state index contributed by atoms with van der Waals surface area (Å²) >= 11 is 1.20. The van der Waals surface area contributed by atoms with Gasteiger partial charge in [0.15, 0.2) is 0 Å². The molecule has 0 aliphatic carbocycles. The van der Waals surface area contributed by atoms with Crippen molar-refractivity contribution in [2.75, 3.05) is 13.2 Å². The van der Waals surface area contributed by atoms with Crippen molar-refractivity contribution in [1.82, 2.24) is 19.5 Å². The van der Waals surface area contributed by atoms with Crippen molar-refractivity contribution in [3.8, 4) is 0 Å². The van der Waals surface area contributed by atoms with Gasteiger partial charge in [-0.2, -0.15) is 9.61 Å². The van der Waals surface area contributed by atoms with Crippen molar-refractivity contribution in [3.63, 3.8) is 0 Å². The Balaban J connectivity index is 1.42. The number of hydrogen-bond acceptors (Lipinski definition) is 9. The molecule has 11 heteroatoms. The number of rotatable bonds is 7. The van der Waals surface area contributed by atoms with Crippen LogP contribution in [0, 0.1) is 0 Å². The number of esters is 1. The second-order valence-electron chi connectivity index (χ2n) is 6.32. The molecule has 0 bridgehead atoms. The zero-order chi connectivity index (χ0) is 21.3. The summed E-state index contributed by atoms with van der Waals surface area (Å²) in [4.78, 5) is 54.5. The lowest BCUT2D eigenvalue weighted by atomic mass is 10.1. The number of hydrogen-bond donors (Lipinski definition) is 0. The highest BCUT2D eigenvalue weighted by atomic mass is 32.1. The third-order valence-electron chi connectivity index (χ3n) is 4.32. The number of aromatic nitrogens is 3. The minimum atomic E-state index is -0.784. The van der Waals surface area contributed by atoms with Gasteiger partial charge >= 0.3 is 5.97 Å². The first kappa shape index (κ1) is 19.9. The van der Waals surface area contributed by atoms with Crippen LogP contribution in [0.3, 0.4) is 0 Å². The predicted molar refractivity (Wildman–Crippen MR) is 104 cm³/mol. The van der Waals surface area contributed by atoms with Crippen molar-refractivity contribution in [2.45, 2.75) is 20.1 Å². The lowest BCUT2D eigenvalue weighted by molar-refractivity contribution is -0.145. The Kier molecular flexibility index (Phi) is 5.38. The molecule has 2 aromatic heterocycles. The van der Waals surface area contributed by atoms with Gasteiger partial charge in [-0.05, 0) is 19.1 Å². The number of imide groups is 1. The van der Waals surface area contributed by atoms with E-state index in [1.165, 1.54) is 29.5 Å². The fourth-order valence-corrected chi connectivity index (χ4v) is 3.79. The highest BCUT2D eigenvalue weighted by Gasteiger charge is 2.36. The van der Waals surface area contributed by atoms with Gasteiger partial charge in [-0.25, -0.2) is 4.98 Å². The van der Waals surface area contributed by atoms with E-state index < -0.39 is 29.9 Å². The average Bonchev–Trinajstić information content (AvgIpc) is 3.26. The van der Waals surface area contributed by atoms with E-state index in [0.717, 1.165) is 9.42 Å². The van der Waals surface area contributed by atoms with Crippen LogP contribution in [-0.2, 0) is 27.5 Å². The van der Waals surface area contributed by atoms with Gasteiger partial charge in [0, 0.05) is 12.7 Å². The summed E-state index contributed by atoms with van der Waals surface area (Å²) in [6.07, 6.45) is 0. The molecule has 10 nitrogen and oxygen atoms in total. The maximum absolute atomic E-state index is 12.3. The summed E-state index contributed by atoms with van der Waals surface area (Å²) in [6, 6.07) is 7.56. The Hall–Kier alpha value is -3.44. The maximum atomic E-state index is 12.3. The first-order valence-electron chi connectivity index (χ1n) is 9.05. The zero-order valence-electron chi connectivity index (χ0n) is 15.9. The summed E-state index contributed by atoms with van der Waals surface area (Å²) in [5.74, 6) is -1.87.